The van der Waals surface area contributed by atoms with E-state index < -0.39 is 17.8 Å². The van der Waals surface area contributed by atoms with Crippen LogP contribution in [0.3, 0.4) is 0 Å². The fourth-order valence-corrected chi connectivity index (χ4v) is 5.73. The van der Waals surface area contributed by atoms with Crippen LogP contribution >= 0.6 is 0 Å². The van der Waals surface area contributed by atoms with E-state index >= 15 is 0 Å². The maximum Gasteiger partial charge on any atom is 0.410 e. The Bertz CT molecular complexity index is 1350. The first kappa shape index (κ1) is 32.4. The number of rotatable bonds is 11. The molecule has 0 radical (unpaired) electrons. The summed E-state index contributed by atoms with van der Waals surface area (Å²) in [4.78, 5) is 40.6. The Morgan fingerprint density at radius 3 is 2.51 bits per heavy atom. The van der Waals surface area contributed by atoms with Gasteiger partial charge < -0.3 is 28.9 Å². The second-order valence-electron chi connectivity index (χ2n) is 12.9. The summed E-state index contributed by atoms with van der Waals surface area (Å²) < 4.78 is 13.0. The molecule has 10 nitrogen and oxygen atoms in total. The van der Waals surface area contributed by atoms with Crippen molar-refractivity contribution in [3.05, 3.63) is 60.2 Å². The molecule has 0 saturated carbocycles. The first-order valence-electron chi connectivity index (χ1n) is 15.3. The lowest BCUT2D eigenvalue weighted by Crippen LogP contribution is -2.56. The molecule has 3 atom stereocenters. The van der Waals surface area contributed by atoms with Crippen LogP contribution in [-0.4, -0.2) is 86.4 Å². The third kappa shape index (κ3) is 8.32. The van der Waals surface area contributed by atoms with Crippen molar-refractivity contribution in [1.82, 2.24) is 24.3 Å². The Balaban J connectivity index is 1.70. The first-order chi connectivity index (χ1) is 20.5. The molecule has 3 heterocycles. The molecule has 2 amide bonds. The Morgan fingerprint density at radius 2 is 1.84 bits per heavy atom. The minimum absolute atomic E-state index is 0.166. The number of aliphatic hydroxyl groups excluding tert-OH is 1. The molecule has 0 aliphatic carbocycles. The van der Waals surface area contributed by atoms with Gasteiger partial charge in [0.1, 0.15) is 11.7 Å². The molecule has 0 spiro atoms. The van der Waals surface area contributed by atoms with Crippen LogP contribution < -0.4 is 0 Å². The molecule has 2 unspecified atom stereocenters. The summed E-state index contributed by atoms with van der Waals surface area (Å²) in [5, 5.41) is 11.4. The van der Waals surface area contributed by atoms with Gasteiger partial charge in [-0.2, -0.15) is 0 Å². The molecule has 3 aromatic rings. The molecule has 234 valence electrons. The molecule has 1 aromatic carbocycles. The highest BCUT2D eigenvalue weighted by molar-refractivity contribution is 5.95. The number of nitrogens with zero attached hydrogens (tertiary/aromatic N) is 5. The van der Waals surface area contributed by atoms with E-state index in [1.807, 2.05) is 60.6 Å². The third-order valence-electron chi connectivity index (χ3n) is 7.64. The number of piperidine rings is 1. The summed E-state index contributed by atoms with van der Waals surface area (Å²) in [6, 6.07) is 12.9. The maximum atomic E-state index is 14.5. The van der Waals surface area contributed by atoms with Gasteiger partial charge in [0.05, 0.1) is 22.8 Å². The van der Waals surface area contributed by atoms with E-state index in [0.29, 0.717) is 50.7 Å². The Kier molecular flexibility index (Phi) is 10.8. The summed E-state index contributed by atoms with van der Waals surface area (Å²) >= 11 is 0. The van der Waals surface area contributed by atoms with Gasteiger partial charge in [-0.1, -0.05) is 32.0 Å². The standard InChI is InChI=1S/C33H47N5O5/c1-23(2)20-38(31(40)30-35-26-13-7-8-15-28(26)37(30)17-11-12-18-42-6)25-19-24(29(39)27-14-9-10-16-34-27)21-36(22-25)32(41)43-33(3,4)5/h7-10,13-16,23-25,29,39H,11-12,17-22H2,1-6H3/t24?,25-,29?/m0/s1. The Hall–Kier alpha value is -3.50. The van der Waals surface area contributed by atoms with Gasteiger partial charge in [-0.3, -0.25) is 9.78 Å². The fourth-order valence-electron chi connectivity index (χ4n) is 5.73. The molecular weight excluding hydrogens is 546 g/mol. The summed E-state index contributed by atoms with van der Waals surface area (Å²) in [7, 11) is 1.69. The lowest BCUT2D eigenvalue weighted by molar-refractivity contribution is -0.0194. The van der Waals surface area contributed by atoms with E-state index in [0.717, 1.165) is 23.9 Å². The highest BCUT2D eigenvalue weighted by Crippen LogP contribution is 2.33. The number of aliphatic hydroxyl groups is 1. The largest absolute Gasteiger partial charge is 0.444 e. The Morgan fingerprint density at radius 1 is 1.09 bits per heavy atom. The molecule has 0 bridgehead atoms. The zero-order valence-corrected chi connectivity index (χ0v) is 26.4. The quantitative estimate of drug-likeness (QED) is 0.300. The predicted molar refractivity (Wildman–Crippen MR) is 166 cm³/mol. The monoisotopic (exact) mass is 593 g/mol. The fraction of sp³-hybridized carbons (Fsp3) is 0.576. The molecule has 2 aromatic heterocycles. The van der Waals surface area contributed by atoms with Crippen LogP contribution in [0.2, 0.25) is 0 Å². The van der Waals surface area contributed by atoms with E-state index in [9.17, 15) is 14.7 Å². The number of ether oxygens (including phenoxy) is 2. The summed E-state index contributed by atoms with van der Waals surface area (Å²) in [5.74, 6) is 0.0188. The van der Waals surface area contributed by atoms with Crippen molar-refractivity contribution in [2.45, 2.75) is 78.2 Å². The Labute approximate surface area is 255 Å². The number of unbranched alkanes of at least 4 members (excludes halogenated alkanes) is 1. The molecule has 1 fully saturated rings. The highest BCUT2D eigenvalue weighted by atomic mass is 16.6. The van der Waals surface area contributed by atoms with Crippen molar-refractivity contribution < 1.29 is 24.2 Å². The van der Waals surface area contributed by atoms with Crippen molar-refractivity contribution in [1.29, 1.82) is 0 Å². The normalized spacial score (nSPS) is 18.2. The average Bonchev–Trinajstić information content (AvgIpc) is 3.35. The van der Waals surface area contributed by atoms with Crippen molar-refractivity contribution in [2.24, 2.45) is 11.8 Å². The van der Waals surface area contributed by atoms with Crippen molar-refractivity contribution in [3.8, 4) is 0 Å². The zero-order valence-electron chi connectivity index (χ0n) is 26.4. The molecule has 4 rings (SSSR count). The van der Waals surface area contributed by atoms with Crippen LogP contribution in [-0.2, 0) is 16.0 Å². The number of hydrogen-bond donors (Lipinski definition) is 1. The van der Waals surface area contributed by atoms with Gasteiger partial charge in [-0.05, 0) is 70.2 Å². The lowest BCUT2D eigenvalue weighted by atomic mass is 9.87. The SMILES string of the molecule is COCCCCn1c(C(=O)N(CC(C)C)[C@H]2CC(C(O)c3ccccn3)CN(C(=O)OC(C)(C)C)C2)nc2ccccc21. The number of aromatic nitrogens is 3. The molecule has 1 aliphatic rings. The number of imidazole rings is 1. The van der Waals surface area contributed by atoms with E-state index in [1.54, 1.807) is 30.3 Å². The summed E-state index contributed by atoms with van der Waals surface area (Å²) in [5.41, 5.74) is 1.54. The lowest BCUT2D eigenvalue weighted by Gasteiger charge is -2.44. The second-order valence-corrected chi connectivity index (χ2v) is 12.9. The van der Waals surface area contributed by atoms with Crippen molar-refractivity contribution >= 4 is 23.0 Å². The topological polar surface area (TPSA) is 110 Å². The minimum atomic E-state index is -0.907. The van der Waals surface area contributed by atoms with Crippen LogP contribution in [0.4, 0.5) is 4.79 Å². The number of carbonyl (C=O) groups excluding carboxylic acids is 2. The zero-order chi connectivity index (χ0) is 31.1. The number of methoxy groups -OCH3 is 1. The summed E-state index contributed by atoms with van der Waals surface area (Å²) in [6.45, 7) is 12.0. The van der Waals surface area contributed by atoms with Crippen LogP contribution in [0.5, 0.6) is 0 Å². The maximum absolute atomic E-state index is 14.5. The summed E-state index contributed by atoms with van der Waals surface area (Å²) in [6.07, 6.45) is 2.49. The molecule has 1 N–H and O–H groups in total. The number of amides is 2. The number of para-hydroxylation sites is 2. The van der Waals surface area contributed by atoms with Crippen LogP contribution in [0.1, 0.15) is 76.3 Å². The smallest absolute Gasteiger partial charge is 0.410 e. The van der Waals surface area contributed by atoms with E-state index in [2.05, 4.69) is 18.8 Å². The van der Waals surface area contributed by atoms with E-state index in [1.165, 1.54) is 0 Å². The number of fused-ring (bicyclic) bond motifs is 1. The molecule has 1 saturated heterocycles. The number of carbonyl (C=O) groups is 2. The predicted octanol–water partition coefficient (Wildman–Crippen LogP) is 5.32. The molecular formula is C33H47N5O5. The van der Waals surface area contributed by atoms with Gasteiger partial charge >= 0.3 is 6.09 Å². The molecule has 1 aliphatic heterocycles. The molecule has 10 heteroatoms. The van der Waals surface area contributed by atoms with E-state index in [4.69, 9.17) is 14.5 Å². The van der Waals surface area contributed by atoms with Crippen LogP contribution in [0.15, 0.2) is 48.7 Å². The number of aryl methyl sites for hydroxylation is 1. The van der Waals surface area contributed by atoms with Crippen LogP contribution in [0.25, 0.3) is 11.0 Å². The van der Waals surface area contributed by atoms with Gasteiger partial charge in [0, 0.05) is 52.0 Å². The highest BCUT2D eigenvalue weighted by Gasteiger charge is 2.41. The minimum Gasteiger partial charge on any atom is -0.444 e. The third-order valence-corrected chi connectivity index (χ3v) is 7.64. The average molecular weight is 594 g/mol. The van der Waals surface area contributed by atoms with Crippen LogP contribution in [0, 0.1) is 11.8 Å². The molecule has 43 heavy (non-hydrogen) atoms. The van der Waals surface area contributed by atoms with Gasteiger partial charge in [0.15, 0.2) is 5.82 Å². The van der Waals surface area contributed by atoms with Crippen molar-refractivity contribution in [2.75, 3.05) is 33.4 Å². The number of likely N-dealkylation sites (tertiary alicyclic amines) is 1. The van der Waals surface area contributed by atoms with E-state index in [-0.39, 0.29) is 23.8 Å². The van der Waals surface area contributed by atoms with Crippen molar-refractivity contribution in [3.63, 3.8) is 0 Å². The second kappa shape index (κ2) is 14.3. The number of pyridine rings is 1. The van der Waals surface area contributed by atoms with Gasteiger partial charge in [-0.25, -0.2) is 9.78 Å². The van der Waals surface area contributed by atoms with Gasteiger partial charge in [-0.15, -0.1) is 0 Å². The van der Waals surface area contributed by atoms with Gasteiger partial charge in [0.25, 0.3) is 5.91 Å². The number of benzene rings is 1. The first-order valence-corrected chi connectivity index (χ1v) is 15.3. The van der Waals surface area contributed by atoms with Gasteiger partial charge in [0.2, 0.25) is 0 Å². The number of hydrogen-bond acceptors (Lipinski definition) is 7.